The van der Waals surface area contributed by atoms with E-state index in [9.17, 15) is 5.11 Å². The second-order valence-electron chi connectivity index (χ2n) is 9.82. The van der Waals surface area contributed by atoms with Crippen LogP contribution in [0.1, 0.15) is 118 Å². The number of aromatic hydroxyl groups is 1. The van der Waals surface area contributed by atoms with Crippen LogP contribution in [-0.2, 0) is 16.2 Å². The lowest BCUT2D eigenvalue weighted by Crippen LogP contribution is -2.25. The predicted molar refractivity (Wildman–Crippen MR) is 112 cm³/mol. The maximum Gasteiger partial charge on any atom is 0.123 e. The van der Waals surface area contributed by atoms with Gasteiger partial charge in [0.05, 0.1) is 0 Å². The molecule has 1 aromatic rings. The highest BCUT2D eigenvalue weighted by atomic mass is 16.3. The zero-order valence-electron chi connectivity index (χ0n) is 18.3. The summed E-state index contributed by atoms with van der Waals surface area (Å²) >= 11 is 0. The fourth-order valence-corrected chi connectivity index (χ4v) is 4.35. The molecule has 1 nitrogen and oxygen atoms in total. The summed E-state index contributed by atoms with van der Waals surface area (Å²) in [6.07, 6.45) is 6.78. The van der Waals surface area contributed by atoms with E-state index in [2.05, 4.69) is 74.4 Å². The molecule has 1 aromatic carbocycles. The Kier molecular flexibility index (Phi) is 7.19. The van der Waals surface area contributed by atoms with Crippen molar-refractivity contribution in [3.05, 3.63) is 28.8 Å². The molecule has 0 radical (unpaired) electrons. The lowest BCUT2D eigenvalue weighted by molar-refractivity contribution is 0.384. The van der Waals surface area contributed by atoms with Gasteiger partial charge in [0.2, 0.25) is 0 Å². The van der Waals surface area contributed by atoms with Gasteiger partial charge in [0.25, 0.3) is 0 Å². The summed E-state index contributed by atoms with van der Waals surface area (Å²) in [7, 11) is 0. The number of hydrogen-bond acceptors (Lipinski definition) is 1. The van der Waals surface area contributed by atoms with Crippen molar-refractivity contribution >= 4 is 0 Å². The van der Waals surface area contributed by atoms with Gasteiger partial charge in [-0.15, -0.1) is 0 Å². The van der Waals surface area contributed by atoms with Crippen molar-refractivity contribution in [2.45, 2.75) is 117 Å². The van der Waals surface area contributed by atoms with Crippen LogP contribution >= 0.6 is 0 Å². The highest BCUT2D eigenvalue weighted by Crippen LogP contribution is 2.45. The minimum atomic E-state index is -0.00577. The summed E-state index contributed by atoms with van der Waals surface area (Å²) in [5, 5.41) is 11.2. The van der Waals surface area contributed by atoms with Gasteiger partial charge in [0, 0.05) is 11.1 Å². The molecule has 1 heteroatoms. The Balaban J connectivity index is 3.67. The fraction of sp³-hybridized carbons (Fsp3) is 0.750. The van der Waals surface area contributed by atoms with Crippen molar-refractivity contribution in [1.29, 1.82) is 0 Å². The second-order valence-corrected chi connectivity index (χ2v) is 9.82. The smallest absolute Gasteiger partial charge is 0.123 e. The molecule has 0 aliphatic heterocycles. The van der Waals surface area contributed by atoms with E-state index in [4.69, 9.17) is 0 Å². The quantitative estimate of drug-likeness (QED) is 0.487. The molecule has 0 aliphatic rings. The molecule has 0 unspecified atom stereocenters. The molecule has 144 valence electrons. The molecule has 0 bridgehead atoms. The fourth-order valence-electron chi connectivity index (χ4n) is 4.35. The van der Waals surface area contributed by atoms with Gasteiger partial charge in [0.15, 0.2) is 0 Å². The first-order valence-corrected chi connectivity index (χ1v) is 10.3. The van der Waals surface area contributed by atoms with Crippen LogP contribution in [0.3, 0.4) is 0 Å². The van der Waals surface area contributed by atoms with Gasteiger partial charge in [-0.1, -0.05) is 93.7 Å². The van der Waals surface area contributed by atoms with Crippen molar-refractivity contribution in [3.63, 3.8) is 0 Å². The van der Waals surface area contributed by atoms with Gasteiger partial charge < -0.3 is 5.11 Å². The molecule has 0 heterocycles. The molecule has 0 aliphatic carbocycles. The number of hydrogen-bond donors (Lipinski definition) is 1. The third kappa shape index (κ3) is 5.02. The highest BCUT2D eigenvalue weighted by molar-refractivity contribution is 5.51. The van der Waals surface area contributed by atoms with Crippen LogP contribution in [0.4, 0.5) is 0 Å². The van der Waals surface area contributed by atoms with Crippen LogP contribution in [0.2, 0.25) is 0 Å². The Morgan fingerprint density at radius 1 is 0.640 bits per heavy atom. The van der Waals surface area contributed by atoms with Crippen LogP contribution in [0.5, 0.6) is 5.75 Å². The molecule has 1 N–H and O–H groups in total. The summed E-state index contributed by atoms with van der Waals surface area (Å²) in [4.78, 5) is 0. The normalized spacial score (nSPS) is 13.3. The van der Waals surface area contributed by atoms with Crippen LogP contribution in [0.25, 0.3) is 0 Å². The van der Waals surface area contributed by atoms with Gasteiger partial charge in [-0.25, -0.2) is 0 Å². The van der Waals surface area contributed by atoms with Gasteiger partial charge in [0.1, 0.15) is 5.75 Å². The molecule has 0 fully saturated rings. The first-order chi connectivity index (χ1) is 11.4. The SMILES string of the molecule is CCCC(C)(C)c1cc(C(C)(C)CCC)c(O)c(C(C)(C)CCC)c1. The number of phenolic OH excluding ortho intramolecular Hbond substituents is 1. The van der Waals surface area contributed by atoms with Crippen molar-refractivity contribution in [3.8, 4) is 5.75 Å². The Morgan fingerprint density at radius 2 is 0.960 bits per heavy atom. The maximum atomic E-state index is 11.2. The van der Waals surface area contributed by atoms with Gasteiger partial charge in [-0.05, 0) is 41.1 Å². The molecular formula is C24H42O. The third-order valence-electron chi connectivity index (χ3n) is 5.97. The van der Waals surface area contributed by atoms with E-state index in [-0.39, 0.29) is 16.2 Å². The molecule has 0 saturated heterocycles. The van der Waals surface area contributed by atoms with Gasteiger partial charge in [-0.2, -0.15) is 0 Å². The van der Waals surface area contributed by atoms with E-state index < -0.39 is 0 Å². The topological polar surface area (TPSA) is 20.2 Å². The van der Waals surface area contributed by atoms with E-state index in [0.29, 0.717) is 5.75 Å². The van der Waals surface area contributed by atoms with Gasteiger partial charge in [-0.3, -0.25) is 0 Å². The van der Waals surface area contributed by atoms with E-state index in [1.165, 1.54) is 18.4 Å². The van der Waals surface area contributed by atoms with Crippen LogP contribution < -0.4 is 0 Å². The Hall–Kier alpha value is -0.980. The molecule has 0 saturated carbocycles. The van der Waals surface area contributed by atoms with Crippen LogP contribution in [0, 0.1) is 0 Å². The van der Waals surface area contributed by atoms with Gasteiger partial charge >= 0.3 is 0 Å². The molecule has 0 amide bonds. The average molecular weight is 347 g/mol. The van der Waals surface area contributed by atoms with Crippen molar-refractivity contribution in [2.75, 3.05) is 0 Å². The molecule has 25 heavy (non-hydrogen) atoms. The zero-order chi connectivity index (χ0) is 19.5. The highest BCUT2D eigenvalue weighted by Gasteiger charge is 2.33. The van der Waals surface area contributed by atoms with Crippen LogP contribution in [-0.4, -0.2) is 5.11 Å². The summed E-state index contributed by atoms with van der Waals surface area (Å²) < 4.78 is 0. The summed E-state index contributed by atoms with van der Waals surface area (Å²) in [6.45, 7) is 20.5. The van der Waals surface area contributed by atoms with E-state index in [1.54, 1.807) is 0 Å². The lowest BCUT2D eigenvalue weighted by Gasteiger charge is -2.35. The van der Waals surface area contributed by atoms with Crippen molar-refractivity contribution in [2.24, 2.45) is 0 Å². The Morgan fingerprint density at radius 3 is 1.28 bits per heavy atom. The molecule has 0 aromatic heterocycles. The van der Waals surface area contributed by atoms with E-state index >= 15 is 0 Å². The molecule has 0 spiro atoms. The monoisotopic (exact) mass is 346 g/mol. The minimum absolute atomic E-state index is 0.00577. The molecular weight excluding hydrogens is 304 g/mol. The predicted octanol–water partition coefficient (Wildman–Crippen LogP) is 7.63. The maximum absolute atomic E-state index is 11.2. The minimum Gasteiger partial charge on any atom is -0.507 e. The standard InChI is InChI=1S/C24H42O/c1-10-13-22(4,5)18-16-19(23(6,7)14-11-2)21(25)20(17-18)24(8,9)15-12-3/h16-17,25H,10-15H2,1-9H3. The first-order valence-electron chi connectivity index (χ1n) is 10.3. The zero-order valence-corrected chi connectivity index (χ0v) is 18.3. The number of phenols is 1. The number of rotatable bonds is 9. The third-order valence-corrected chi connectivity index (χ3v) is 5.97. The van der Waals surface area contributed by atoms with E-state index in [0.717, 1.165) is 36.8 Å². The molecule has 1 rings (SSSR count). The van der Waals surface area contributed by atoms with Crippen molar-refractivity contribution in [1.82, 2.24) is 0 Å². The summed E-state index contributed by atoms with van der Waals surface area (Å²) in [5.74, 6) is 0.535. The van der Waals surface area contributed by atoms with Crippen LogP contribution in [0.15, 0.2) is 12.1 Å². The molecule has 0 atom stereocenters. The van der Waals surface area contributed by atoms with E-state index in [1.807, 2.05) is 0 Å². The average Bonchev–Trinajstić information content (AvgIpc) is 2.46. The Bertz CT molecular complexity index is 524. The Labute approximate surface area is 157 Å². The second kappa shape index (κ2) is 8.14. The first kappa shape index (κ1) is 22.1. The summed E-state index contributed by atoms with van der Waals surface area (Å²) in [5.41, 5.74) is 3.77. The summed E-state index contributed by atoms with van der Waals surface area (Å²) in [6, 6.07) is 4.60. The van der Waals surface area contributed by atoms with Crippen molar-refractivity contribution < 1.29 is 5.11 Å². The largest absolute Gasteiger partial charge is 0.507 e. The lowest BCUT2D eigenvalue weighted by atomic mass is 9.70. The number of benzene rings is 1.